The van der Waals surface area contributed by atoms with Crippen molar-refractivity contribution < 1.29 is 14.3 Å². The van der Waals surface area contributed by atoms with E-state index in [1.54, 1.807) is 31.4 Å². The van der Waals surface area contributed by atoms with Crippen molar-refractivity contribution in [3.8, 4) is 5.75 Å². The fraction of sp³-hybridized carbons (Fsp3) is 0.385. The molecule has 0 fully saturated rings. The molecule has 0 aliphatic carbocycles. The van der Waals surface area contributed by atoms with Crippen LogP contribution in [0.15, 0.2) is 24.3 Å². The molecule has 0 atom stereocenters. The van der Waals surface area contributed by atoms with Crippen molar-refractivity contribution in [2.45, 2.75) is 6.42 Å². The van der Waals surface area contributed by atoms with Gasteiger partial charge >= 0.3 is 0 Å². The van der Waals surface area contributed by atoms with Crippen LogP contribution in [0.4, 0.5) is 0 Å². The van der Waals surface area contributed by atoms with Crippen LogP contribution in [0.1, 0.15) is 16.8 Å². The van der Waals surface area contributed by atoms with Crippen molar-refractivity contribution in [3.63, 3.8) is 0 Å². The van der Waals surface area contributed by atoms with Crippen LogP contribution < -0.4 is 15.4 Å². The second-order valence-corrected chi connectivity index (χ2v) is 4.16. The number of hydrogen-bond acceptors (Lipinski definition) is 4. The first kappa shape index (κ1) is 15.4. The highest BCUT2D eigenvalue weighted by Crippen LogP contribution is 2.16. The lowest BCUT2D eigenvalue weighted by Gasteiger charge is -2.11. The number of hydrogen-bond donors (Lipinski definition) is 2. The molecule has 1 amide bonds. The predicted molar refractivity (Wildman–Crippen MR) is 77.6 cm³/mol. The van der Waals surface area contributed by atoms with Gasteiger partial charge in [-0.05, 0) is 30.8 Å². The monoisotopic (exact) mass is 282 g/mol. The zero-order valence-corrected chi connectivity index (χ0v) is 11.9. The van der Waals surface area contributed by atoms with E-state index in [-0.39, 0.29) is 5.91 Å². The van der Waals surface area contributed by atoms with Crippen LogP contribution in [0.25, 0.3) is 0 Å². The molecule has 0 aliphatic heterocycles. The Morgan fingerprint density at radius 2 is 2.05 bits per heavy atom. The normalized spacial score (nSPS) is 9.79. The Labute approximate surface area is 118 Å². The highest BCUT2D eigenvalue weighted by atomic mass is 32.1. The number of thiocarbonyl (C=S) groups is 1. The summed E-state index contributed by atoms with van der Waals surface area (Å²) in [5.74, 6) is 0.226. The third-order valence-electron chi connectivity index (χ3n) is 2.39. The molecule has 6 heteroatoms. The number of para-hydroxylation sites is 1. The van der Waals surface area contributed by atoms with Gasteiger partial charge in [0.15, 0.2) is 5.11 Å². The van der Waals surface area contributed by atoms with Crippen molar-refractivity contribution in [1.29, 1.82) is 0 Å². The number of amides is 1. The molecular formula is C13H18N2O3S. The summed E-state index contributed by atoms with van der Waals surface area (Å²) in [6.07, 6.45) is 0.821. The molecule has 1 rings (SSSR count). The van der Waals surface area contributed by atoms with E-state index in [9.17, 15) is 4.79 Å². The minimum absolute atomic E-state index is 0.290. The molecule has 0 saturated carbocycles. The Balaban J connectivity index is 2.48. The largest absolute Gasteiger partial charge is 0.496 e. The Hall–Kier alpha value is -1.66. The molecule has 5 nitrogen and oxygen atoms in total. The van der Waals surface area contributed by atoms with E-state index in [2.05, 4.69) is 10.6 Å². The maximum absolute atomic E-state index is 12.0. The van der Waals surface area contributed by atoms with E-state index in [1.165, 1.54) is 7.11 Å². The first-order valence-electron chi connectivity index (χ1n) is 5.90. The topological polar surface area (TPSA) is 59.6 Å². The van der Waals surface area contributed by atoms with Crippen molar-refractivity contribution in [3.05, 3.63) is 29.8 Å². The van der Waals surface area contributed by atoms with Crippen LogP contribution >= 0.6 is 12.2 Å². The summed E-state index contributed by atoms with van der Waals surface area (Å²) >= 11 is 5.03. The van der Waals surface area contributed by atoms with E-state index >= 15 is 0 Å². The first-order chi connectivity index (χ1) is 9.19. The third-order valence-corrected chi connectivity index (χ3v) is 2.64. The zero-order chi connectivity index (χ0) is 14.1. The second-order valence-electron chi connectivity index (χ2n) is 3.76. The standard InChI is InChI=1S/C13H18N2O3S/c1-17-9-5-8-14-13(19)15-12(16)10-6-3-4-7-11(10)18-2/h3-4,6-7H,5,8-9H2,1-2H3,(H2,14,15,16,19). The highest BCUT2D eigenvalue weighted by Gasteiger charge is 2.12. The Bertz CT molecular complexity index is 438. The minimum Gasteiger partial charge on any atom is -0.496 e. The number of rotatable bonds is 6. The Kier molecular flexibility index (Phi) is 6.84. The molecule has 0 aliphatic rings. The number of methoxy groups -OCH3 is 2. The summed E-state index contributed by atoms with van der Waals surface area (Å²) in [6, 6.07) is 6.98. The van der Waals surface area contributed by atoms with Crippen LogP contribution in [-0.4, -0.2) is 38.4 Å². The fourth-order valence-electron chi connectivity index (χ4n) is 1.47. The fourth-order valence-corrected chi connectivity index (χ4v) is 1.66. The number of carbonyl (C=O) groups is 1. The molecule has 0 aromatic heterocycles. The van der Waals surface area contributed by atoms with Crippen LogP contribution in [0.3, 0.4) is 0 Å². The molecule has 1 aromatic rings. The molecule has 104 valence electrons. The summed E-state index contributed by atoms with van der Waals surface area (Å²) in [5, 5.41) is 5.84. The molecule has 19 heavy (non-hydrogen) atoms. The van der Waals surface area contributed by atoms with Gasteiger partial charge in [0.2, 0.25) is 0 Å². The lowest BCUT2D eigenvalue weighted by atomic mass is 10.2. The summed E-state index contributed by atoms with van der Waals surface area (Å²) in [5.41, 5.74) is 0.450. The average molecular weight is 282 g/mol. The summed E-state index contributed by atoms with van der Waals surface area (Å²) in [7, 11) is 3.16. The molecule has 0 saturated heterocycles. The predicted octanol–water partition coefficient (Wildman–Crippen LogP) is 1.34. The maximum Gasteiger partial charge on any atom is 0.261 e. The van der Waals surface area contributed by atoms with Gasteiger partial charge in [-0.25, -0.2) is 0 Å². The molecule has 0 bridgehead atoms. The van der Waals surface area contributed by atoms with E-state index in [4.69, 9.17) is 21.7 Å². The number of ether oxygens (including phenoxy) is 2. The van der Waals surface area contributed by atoms with E-state index in [1.807, 2.05) is 0 Å². The van der Waals surface area contributed by atoms with E-state index in [0.717, 1.165) is 6.42 Å². The van der Waals surface area contributed by atoms with Crippen LogP contribution in [0.2, 0.25) is 0 Å². The minimum atomic E-state index is -0.290. The zero-order valence-electron chi connectivity index (χ0n) is 11.1. The van der Waals surface area contributed by atoms with E-state index < -0.39 is 0 Å². The van der Waals surface area contributed by atoms with Crippen molar-refractivity contribution in [2.24, 2.45) is 0 Å². The van der Waals surface area contributed by atoms with Gasteiger partial charge in [0, 0.05) is 20.3 Å². The van der Waals surface area contributed by atoms with E-state index in [0.29, 0.717) is 29.6 Å². The molecule has 0 radical (unpaired) electrons. The van der Waals surface area contributed by atoms with Gasteiger partial charge in [-0.3, -0.25) is 10.1 Å². The molecule has 0 unspecified atom stereocenters. The number of carbonyl (C=O) groups excluding carboxylic acids is 1. The smallest absolute Gasteiger partial charge is 0.261 e. The molecule has 2 N–H and O–H groups in total. The third kappa shape index (κ3) is 5.23. The van der Waals surface area contributed by atoms with Gasteiger partial charge in [-0.15, -0.1) is 0 Å². The molecular weight excluding hydrogens is 264 g/mol. The lowest BCUT2D eigenvalue weighted by Crippen LogP contribution is -2.39. The van der Waals surface area contributed by atoms with Crippen LogP contribution in [0, 0.1) is 0 Å². The number of benzene rings is 1. The van der Waals surface area contributed by atoms with Crippen molar-refractivity contribution in [1.82, 2.24) is 10.6 Å². The van der Waals surface area contributed by atoms with Gasteiger partial charge < -0.3 is 14.8 Å². The van der Waals surface area contributed by atoms with Gasteiger partial charge in [-0.2, -0.15) is 0 Å². The van der Waals surface area contributed by atoms with Crippen molar-refractivity contribution >= 4 is 23.2 Å². The van der Waals surface area contributed by atoms with Gasteiger partial charge in [-0.1, -0.05) is 12.1 Å². The molecule has 0 spiro atoms. The summed E-state index contributed by atoms with van der Waals surface area (Å²) < 4.78 is 10.0. The van der Waals surface area contributed by atoms with Crippen LogP contribution in [0.5, 0.6) is 5.75 Å². The van der Waals surface area contributed by atoms with Gasteiger partial charge in [0.25, 0.3) is 5.91 Å². The van der Waals surface area contributed by atoms with Gasteiger partial charge in [0.05, 0.1) is 12.7 Å². The van der Waals surface area contributed by atoms with Crippen molar-refractivity contribution in [2.75, 3.05) is 27.4 Å². The SMILES string of the molecule is COCCCNC(=S)NC(=O)c1ccccc1OC. The highest BCUT2D eigenvalue weighted by molar-refractivity contribution is 7.80. The maximum atomic E-state index is 12.0. The van der Waals surface area contributed by atoms with Gasteiger partial charge in [0.1, 0.15) is 5.75 Å². The molecule has 0 heterocycles. The summed E-state index contributed by atoms with van der Waals surface area (Å²) in [6.45, 7) is 1.30. The summed E-state index contributed by atoms with van der Waals surface area (Å²) in [4.78, 5) is 12.0. The second kappa shape index (κ2) is 8.44. The number of nitrogens with one attached hydrogen (secondary N) is 2. The lowest BCUT2D eigenvalue weighted by molar-refractivity contribution is 0.0973. The average Bonchev–Trinajstić information content (AvgIpc) is 2.43. The molecule has 1 aromatic carbocycles. The first-order valence-corrected chi connectivity index (χ1v) is 6.31. The quantitative estimate of drug-likeness (QED) is 0.609. The van der Waals surface area contributed by atoms with Crippen LogP contribution in [-0.2, 0) is 4.74 Å². The Morgan fingerprint density at radius 1 is 1.32 bits per heavy atom. The Morgan fingerprint density at radius 3 is 2.74 bits per heavy atom.